The Balaban J connectivity index is 1.57. The molecule has 1 N–H and O–H groups in total. The molecule has 1 unspecified atom stereocenters. The van der Waals surface area contributed by atoms with Crippen LogP contribution in [-0.4, -0.2) is 46.9 Å². The van der Waals surface area contributed by atoms with Crippen molar-refractivity contribution in [2.75, 3.05) is 0 Å². The van der Waals surface area contributed by atoms with E-state index in [9.17, 15) is 19.5 Å². The van der Waals surface area contributed by atoms with Crippen LogP contribution < -0.4 is 0 Å². The van der Waals surface area contributed by atoms with Crippen LogP contribution in [0.15, 0.2) is 46.6 Å². The van der Waals surface area contributed by atoms with Gasteiger partial charge in [0, 0.05) is 29.9 Å². The summed E-state index contributed by atoms with van der Waals surface area (Å²) in [5.41, 5.74) is 2.77. The van der Waals surface area contributed by atoms with Crippen molar-refractivity contribution in [2.24, 2.45) is 28.6 Å². The van der Waals surface area contributed by atoms with E-state index in [4.69, 9.17) is 14.2 Å². The molecule has 0 bridgehead atoms. The first-order chi connectivity index (χ1) is 18.2. The van der Waals surface area contributed by atoms with Gasteiger partial charge in [-0.15, -0.1) is 0 Å². The molecule has 0 radical (unpaired) electrons. The largest absolute Gasteiger partial charge is 0.462 e. The molecule has 0 amide bonds. The Hall–Kier alpha value is -2.67. The molecule has 0 aromatic carbocycles. The van der Waals surface area contributed by atoms with Gasteiger partial charge in [-0.3, -0.25) is 4.79 Å². The lowest BCUT2D eigenvalue weighted by molar-refractivity contribution is -0.159. The molecular weight excluding hydrogens is 496 g/mol. The predicted octanol–water partition coefficient (Wildman–Crippen LogP) is 5.14. The number of hydrogen-bond donors (Lipinski definition) is 1. The Labute approximate surface area is 231 Å². The molecule has 1 fully saturated rings. The van der Waals surface area contributed by atoms with Crippen LogP contribution in [0.1, 0.15) is 80.6 Å². The molecule has 7 heteroatoms. The Bertz CT molecular complexity index is 1220. The highest BCUT2D eigenvalue weighted by atomic mass is 16.6. The first kappa shape index (κ1) is 27.9. The second kappa shape index (κ2) is 9.46. The van der Waals surface area contributed by atoms with Crippen molar-refractivity contribution in [3.63, 3.8) is 0 Å². The SMILES string of the molecule is CC(=O)O[C@@H]1CC([C@H](C)[C@@H]2OC(=O)C(C)=C[C@H]2O)[C@@]2(C)CCC3=C(CC[C@@H]4C(=C3)C=CC(=O)OC4(C)C)[C@]12C. The third-order valence-electron chi connectivity index (χ3n) is 10.9. The van der Waals surface area contributed by atoms with Crippen LogP contribution in [0.4, 0.5) is 0 Å². The Morgan fingerprint density at radius 2 is 1.87 bits per heavy atom. The maximum Gasteiger partial charge on any atom is 0.333 e. The van der Waals surface area contributed by atoms with Crippen LogP contribution >= 0.6 is 0 Å². The van der Waals surface area contributed by atoms with E-state index in [-0.39, 0.29) is 41.2 Å². The maximum atomic E-state index is 12.4. The number of carbonyl (C=O) groups is 3. The van der Waals surface area contributed by atoms with E-state index in [0.717, 1.165) is 31.3 Å². The van der Waals surface area contributed by atoms with Gasteiger partial charge in [-0.2, -0.15) is 0 Å². The molecular formula is C32H42O7. The van der Waals surface area contributed by atoms with Crippen LogP contribution in [0.3, 0.4) is 0 Å². The van der Waals surface area contributed by atoms with Crippen molar-refractivity contribution in [2.45, 2.75) is 104 Å². The van der Waals surface area contributed by atoms with E-state index < -0.39 is 29.2 Å². The van der Waals surface area contributed by atoms with Gasteiger partial charge in [-0.25, -0.2) is 9.59 Å². The summed E-state index contributed by atoms with van der Waals surface area (Å²) in [4.78, 5) is 37.1. The molecule has 0 aromatic heterocycles. The number of allylic oxidation sites excluding steroid dienone is 3. The normalized spacial score (nSPS) is 40.1. The van der Waals surface area contributed by atoms with E-state index in [0.29, 0.717) is 12.0 Å². The smallest absolute Gasteiger partial charge is 0.333 e. The number of aliphatic hydroxyl groups is 1. The summed E-state index contributed by atoms with van der Waals surface area (Å²) in [6.07, 6.45) is 9.41. The fraction of sp³-hybridized carbons (Fsp3) is 0.656. The van der Waals surface area contributed by atoms with E-state index >= 15 is 0 Å². The van der Waals surface area contributed by atoms with Gasteiger partial charge in [0.2, 0.25) is 0 Å². The number of esters is 3. The van der Waals surface area contributed by atoms with Crippen LogP contribution in [0.5, 0.6) is 0 Å². The highest BCUT2D eigenvalue weighted by molar-refractivity contribution is 5.89. The van der Waals surface area contributed by atoms with Gasteiger partial charge in [-0.1, -0.05) is 38.5 Å². The summed E-state index contributed by atoms with van der Waals surface area (Å²) >= 11 is 0. The predicted molar refractivity (Wildman–Crippen MR) is 145 cm³/mol. The lowest BCUT2D eigenvalue weighted by Crippen LogP contribution is -2.50. The fourth-order valence-corrected chi connectivity index (χ4v) is 8.63. The molecule has 212 valence electrons. The molecule has 2 heterocycles. The summed E-state index contributed by atoms with van der Waals surface area (Å²) in [5, 5.41) is 10.9. The van der Waals surface area contributed by atoms with Crippen molar-refractivity contribution in [1.82, 2.24) is 0 Å². The third kappa shape index (κ3) is 4.32. The molecule has 0 aromatic rings. The van der Waals surface area contributed by atoms with Crippen molar-refractivity contribution in [1.29, 1.82) is 0 Å². The second-order valence-electron chi connectivity index (χ2n) is 13.2. The zero-order valence-corrected chi connectivity index (χ0v) is 24.2. The highest BCUT2D eigenvalue weighted by Gasteiger charge is 2.66. The van der Waals surface area contributed by atoms with Crippen molar-refractivity contribution < 1.29 is 33.7 Å². The number of cyclic esters (lactones) is 2. The summed E-state index contributed by atoms with van der Waals surface area (Å²) in [6, 6.07) is 0. The molecule has 0 saturated heterocycles. The van der Waals surface area contributed by atoms with Gasteiger partial charge in [0.15, 0.2) is 0 Å². The van der Waals surface area contributed by atoms with Gasteiger partial charge < -0.3 is 19.3 Å². The molecule has 5 aliphatic rings. The first-order valence-corrected chi connectivity index (χ1v) is 14.3. The first-order valence-electron chi connectivity index (χ1n) is 14.3. The zero-order chi connectivity index (χ0) is 28.5. The molecule has 2 aliphatic heterocycles. The van der Waals surface area contributed by atoms with Gasteiger partial charge in [0.05, 0.1) is 0 Å². The molecule has 8 atom stereocenters. The molecule has 3 aliphatic carbocycles. The van der Waals surface area contributed by atoms with E-state index in [1.54, 1.807) is 13.0 Å². The van der Waals surface area contributed by atoms with Crippen molar-refractivity contribution in [3.05, 3.63) is 46.6 Å². The maximum absolute atomic E-state index is 12.4. The Morgan fingerprint density at radius 1 is 1.15 bits per heavy atom. The molecule has 39 heavy (non-hydrogen) atoms. The summed E-state index contributed by atoms with van der Waals surface area (Å²) < 4.78 is 17.7. The lowest BCUT2D eigenvalue weighted by Gasteiger charge is -2.53. The van der Waals surface area contributed by atoms with Crippen molar-refractivity contribution >= 4 is 17.9 Å². The van der Waals surface area contributed by atoms with E-state index in [2.05, 4.69) is 26.8 Å². The monoisotopic (exact) mass is 538 g/mol. The average molecular weight is 539 g/mol. The average Bonchev–Trinajstić information content (AvgIpc) is 2.96. The molecule has 7 nitrogen and oxygen atoms in total. The standard InChI is InChI=1S/C32H42O7/c1-17-14-25(34)28(38-29(17)36)18(2)24-16-26(37-19(3)33)32(7)23-10-9-22-20(8-11-27(35)39-30(22,4)5)15-21(23)12-13-31(24,32)6/h8,11,14-15,18,22,24-26,28,34H,9-10,12-13,16H2,1-7H3/t18-,22+,24?,25+,26+,28-,31+,32+/m0/s1. The van der Waals surface area contributed by atoms with Gasteiger partial charge in [0.25, 0.3) is 0 Å². The van der Waals surface area contributed by atoms with Gasteiger partial charge in [-0.05, 0) is 87.3 Å². The van der Waals surface area contributed by atoms with Gasteiger partial charge in [0.1, 0.15) is 23.9 Å². The summed E-state index contributed by atoms with van der Waals surface area (Å²) in [6.45, 7) is 13.7. The van der Waals surface area contributed by atoms with Crippen LogP contribution in [0.2, 0.25) is 0 Å². The molecule has 0 spiro atoms. The summed E-state index contributed by atoms with van der Waals surface area (Å²) in [5.74, 6) is -1.05. The summed E-state index contributed by atoms with van der Waals surface area (Å²) in [7, 11) is 0. The molecule has 1 saturated carbocycles. The lowest BCUT2D eigenvalue weighted by atomic mass is 9.52. The number of aliphatic hydroxyl groups excluding tert-OH is 1. The number of fused-ring (bicyclic) bond motifs is 3. The quantitative estimate of drug-likeness (QED) is 0.392. The third-order valence-corrected chi connectivity index (χ3v) is 10.9. The zero-order valence-electron chi connectivity index (χ0n) is 24.2. The van der Waals surface area contributed by atoms with E-state index in [1.807, 2.05) is 19.9 Å². The van der Waals surface area contributed by atoms with Crippen LogP contribution in [-0.2, 0) is 28.6 Å². The van der Waals surface area contributed by atoms with Crippen LogP contribution in [0.25, 0.3) is 0 Å². The number of hydrogen-bond acceptors (Lipinski definition) is 7. The second-order valence-corrected chi connectivity index (χ2v) is 13.2. The highest BCUT2D eigenvalue weighted by Crippen LogP contribution is 2.69. The number of ether oxygens (including phenoxy) is 3. The minimum atomic E-state index is -0.870. The number of rotatable bonds is 3. The fourth-order valence-electron chi connectivity index (χ4n) is 8.63. The Morgan fingerprint density at radius 3 is 2.56 bits per heavy atom. The van der Waals surface area contributed by atoms with Gasteiger partial charge >= 0.3 is 17.9 Å². The van der Waals surface area contributed by atoms with Crippen molar-refractivity contribution in [3.8, 4) is 0 Å². The minimum absolute atomic E-state index is 0.0516. The van der Waals surface area contributed by atoms with E-state index in [1.165, 1.54) is 24.1 Å². The van der Waals surface area contributed by atoms with Crippen LogP contribution in [0, 0.1) is 28.6 Å². The minimum Gasteiger partial charge on any atom is -0.462 e. The topological polar surface area (TPSA) is 99.1 Å². The number of carbonyl (C=O) groups excluding carboxylic acids is 3. The molecule has 5 rings (SSSR count). The Kier molecular flexibility index (Phi) is 6.77.